The number of aliphatic carboxylic acids is 1. The van der Waals surface area contributed by atoms with Gasteiger partial charge in [0.1, 0.15) is 5.60 Å². The predicted molar refractivity (Wildman–Crippen MR) is 75.1 cm³/mol. The molecule has 2 amide bonds. The fourth-order valence-corrected chi connectivity index (χ4v) is 3.02. The van der Waals surface area contributed by atoms with Crippen LogP contribution in [0, 0.1) is 5.92 Å². The average Bonchev–Trinajstić information content (AvgIpc) is 2.95. The predicted octanol–water partition coefficient (Wildman–Crippen LogP) is 0.735. The number of nitrogens with one attached hydrogen (secondary N) is 2. The number of carbonyl (C=O) groups is 2. The van der Waals surface area contributed by atoms with E-state index in [9.17, 15) is 14.7 Å². The van der Waals surface area contributed by atoms with Crippen LogP contribution in [0.4, 0.5) is 4.79 Å². The van der Waals surface area contributed by atoms with Gasteiger partial charge in [-0.1, -0.05) is 12.8 Å². The maximum atomic E-state index is 12.0. The van der Waals surface area contributed by atoms with Crippen molar-refractivity contribution in [2.75, 3.05) is 26.9 Å². The van der Waals surface area contributed by atoms with Gasteiger partial charge in [0.05, 0.1) is 19.1 Å². The van der Waals surface area contributed by atoms with Crippen molar-refractivity contribution in [3.05, 3.63) is 0 Å². The van der Waals surface area contributed by atoms with Crippen molar-refractivity contribution in [2.45, 2.75) is 43.7 Å². The molecule has 1 aliphatic carbocycles. The third-order valence-electron chi connectivity index (χ3n) is 4.47. The van der Waals surface area contributed by atoms with E-state index in [4.69, 9.17) is 9.47 Å². The molecule has 1 aliphatic heterocycles. The molecule has 120 valence electrons. The van der Waals surface area contributed by atoms with Gasteiger partial charge in [-0.05, 0) is 12.8 Å². The minimum atomic E-state index is -0.836. The minimum Gasteiger partial charge on any atom is -0.481 e. The summed E-state index contributed by atoms with van der Waals surface area (Å²) in [5.41, 5.74) is -0.462. The van der Waals surface area contributed by atoms with Gasteiger partial charge >= 0.3 is 12.0 Å². The van der Waals surface area contributed by atoms with Crippen molar-refractivity contribution >= 4 is 12.0 Å². The number of urea groups is 1. The van der Waals surface area contributed by atoms with Crippen molar-refractivity contribution in [3.63, 3.8) is 0 Å². The number of carbonyl (C=O) groups excluding carboxylic acids is 1. The van der Waals surface area contributed by atoms with Gasteiger partial charge in [0.15, 0.2) is 0 Å². The van der Waals surface area contributed by atoms with Crippen LogP contribution in [0.2, 0.25) is 0 Å². The Balaban J connectivity index is 1.81. The van der Waals surface area contributed by atoms with E-state index in [1.165, 1.54) is 0 Å². The van der Waals surface area contributed by atoms with Crippen LogP contribution in [0.25, 0.3) is 0 Å². The molecule has 7 nitrogen and oxygen atoms in total. The van der Waals surface area contributed by atoms with Crippen LogP contribution < -0.4 is 10.6 Å². The lowest BCUT2D eigenvalue weighted by Crippen LogP contribution is -2.52. The molecule has 0 aromatic carbocycles. The van der Waals surface area contributed by atoms with E-state index >= 15 is 0 Å². The van der Waals surface area contributed by atoms with Crippen molar-refractivity contribution < 1.29 is 24.2 Å². The monoisotopic (exact) mass is 300 g/mol. The molecule has 0 radical (unpaired) electrons. The van der Waals surface area contributed by atoms with E-state index < -0.39 is 17.5 Å². The van der Waals surface area contributed by atoms with Gasteiger partial charge in [0, 0.05) is 26.2 Å². The van der Waals surface area contributed by atoms with Gasteiger partial charge in [-0.3, -0.25) is 4.79 Å². The molecule has 1 saturated carbocycles. The average molecular weight is 300 g/mol. The van der Waals surface area contributed by atoms with E-state index in [2.05, 4.69) is 10.6 Å². The number of carboxylic acids is 1. The Morgan fingerprint density at radius 1 is 1.38 bits per heavy atom. The fraction of sp³-hybridized carbons (Fsp3) is 0.857. The first kappa shape index (κ1) is 16.0. The maximum Gasteiger partial charge on any atom is 0.315 e. The highest BCUT2D eigenvalue weighted by Crippen LogP contribution is 2.25. The topological polar surface area (TPSA) is 96.9 Å². The second kappa shape index (κ2) is 7.09. The Hall–Kier alpha value is -1.34. The van der Waals surface area contributed by atoms with Crippen LogP contribution >= 0.6 is 0 Å². The minimum absolute atomic E-state index is 0.297. The molecule has 1 heterocycles. The van der Waals surface area contributed by atoms with Gasteiger partial charge in [0.2, 0.25) is 0 Å². The largest absolute Gasteiger partial charge is 0.481 e. The van der Waals surface area contributed by atoms with Gasteiger partial charge in [-0.25, -0.2) is 4.79 Å². The third kappa shape index (κ3) is 4.07. The van der Waals surface area contributed by atoms with Crippen LogP contribution in [0.15, 0.2) is 0 Å². The third-order valence-corrected chi connectivity index (χ3v) is 4.47. The van der Waals surface area contributed by atoms with Gasteiger partial charge in [0.25, 0.3) is 0 Å². The zero-order valence-corrected chi connectivity index (χ0v) is 12.4. The number of methoxy groups -OCH3 is 1. The van der Waals surface area contributed by atoms with Crippen LogP contribution in [-0.4, -0.2) is 55.6 Å². The van der Waals surface area contributed by atoms with E-state index in [1.54, 1.807) is 7.11 Å². The molecular weight excluding hydrogens is 276 g/mol. The number of amides is 2. The number of rotatable bonds is 5. The summed E-state index contributed by atoms with van der Waals surface area (Å²) in [7, 11) is 1.61. The molecule has 0 spiro atoms. The zero-order valence-electron chi connectivity index (χ0n) is 12.4. The summed E-state index contributed by atoms with van der Waals surface area (Å²) in [5, 5.41) is 14.8. The second-order valence-corrected chi connectivity index (χ2v) is 5.85. The normalized spacial score (nSPS) is 32.6. The molecule has 1 saturated heterocycles. The smallest absolute Gasteiger partial charge is 0.315 e. The molecule has 3 atom stereocenters. The first-order valence-electron chi connectivity index (χ1n) is 7.46. The molecular formula is C14H24N2O5. The molecule has 0 bridgehead atoms. The van der Waals surface area contributed by atoms with E-state index in [0.717, 1.165) is 19.3 Å². The van der Waals surface area contributed by atoms with Gasteiger partial charge < -0.3 is 25.2 Å². The highest BCUT2D eigenvalue weighted by atomic mass is 16.5. The molecule has 3 N–H and O–H groups in total. The van der Waals surface area contributed by atoms with Crippen molar-refractivity contribution in [1.82, 2.24) is 10.6 Å². The number of hydrogen-bond acceptors (Lipinski definition) is 4. The molecule has 0 aromatic heterocycles. The lowest BCUT2D eigenvalue weighted by Gasteiger charge is -2.30. The molecule has 7 heteroatoms. The Bertz CT molecular complexity index is 382. The molecule has 0 aromatic rings. The van der Waals surface area contributed by atoms with Crippen LogP contribution in [0.1, 0.15) is 32.1 Å². The summed E-state index contributed by atoms with van der Waals surface area (Å²) in [6, 6.07) is -0.633. The van der Waals surface area contributed by atoms with Crippen LogP contribution in [-0.2, 0) is 14.3 Å². The van der Waals surface area contributed by atoms with Crippen molar-refractivity contribution in [1.29, 1.82) is 0 Å². The lowest BCUT2D eigenvalue weighted by atomic mass is 9.84. The number of ether oxygens (including phenoxy) is 2. The van der Waals surface area contributed by atoms with Crippen molar-refractivity contribution in [3.8, 4) is 0 Å². The number of carboxylic acid groups (broad SMARTS) is 1. The highest BCUT2D eigenvalue weighted by molar-refractivity contribution is 5.76. The Labute approximate surface area is 124 Å². The zero-order chi connectivity index (χ0) is 15.3. The van der Waals surface area contributed by atoms with Gasteiger partial charge in [-0.15, -0.1) is 0 Å². The van der Waals surface area contributed by atoms with Crippen molar-refractivity contribution in [2.24, 2.45) is 5.92 Å². The van der Waals surface area contributed by atoms with Crippen LogP contribution in [0.5, 0.6) is 0 Å². The summed E-state index contributed by atoms with van der Waals surface area (Å²) in [6.07, 6.45) is 3.93. The molecule has 2 fully saturated rings. The Kier molecular flexibility index (Phi) is 5.41. The molecule has 3 unspecified atom stereocenters. The summed E-state index contributed by atoms with van der Waals surface area (Å²) in [6.45, 7) is 1.45. The van der Waals surface area contributed by atoms with E-state index in [0.29, 0.717) is 32.6 Å². The standard InChI is InChI=1S/C14H24N2O5/c1-20-14(6-7-21-9-14)8-15-13(19)16-11-5-3-2-4-10(11)12(17)18/h10-11H,2-9H2,1H3,(H,17,18)(H2,15,16,19). The lowest BCUT2D eigenvalue weighted by molar-refractivity contribution is -0.143. The first-order chi connectivity index (χ1) is 10.1. The second-order valence-electron chi connectivity index (χ2n) is 5.85. The fourth-order valence-electron chi connectivity index (χ4n) is 3.02. The molecule has 21 heavy (non-hydrogen) atoms. The van der Waals surface area contributed by atoms with Gasteiger partial charge in [-0.2, -0.15) is 0 Å². The summed E-state index contributed by atoms with van der Waals surface area (Å²) < 4.78 is 10.7. The molecule has 2 aliphatic rings. The Morgan fingerprint density at radius 2 is 2.14 bits per heavy atom. The van der Waals surface area contributed by atoms with E-state index in [-0.39, 0.29) is 12.1 Å². The quantitative estimate of drug-likeness (QED) is 0.695. The summed E-state index contributed by atoms with van der Waals surface area (Å²) in [5.74, 6) is -1.33. The highest BCUT2D eigenvalue weighted by Gasteiger charge is 2.36. The maximum absolute atomic E-state index is 12.0. The van der Waals surface area contributed by atoms with Crippen LogP contribution in [0.3, 0.4) is 0 Å². The SMILES string of the molecule is COC1(CNC(=O)NC2CCCCC2C(=O)O)CCOC1. The molecule has 2 rings (SSSR count). The number of hydrogen-bond donors (Lipinski definition) is 3. The Morgan fingerprint density at radius 3 is 2.76 bits per heavy atom. The van der Waals surface area contributed by atoms with E-state index in [1.807, 2.05) is 0 Å². The summed E-state index contributed by atoms with van der Waals surface area (Å²) >= 11 is 0. The summed E-state index contributed by atoms with van der Waals surface area (Å²) in [4.78, 5) is 23.2. The first-order valence-corrected chi connectivity index (χ1v) is 7.46.